The molecule has 0 radical (unpaired) electrons. The van der Waals surface area contributed by atoms with Gasteiger partial charge in [0, 0.05) is 12.6 Å². The smallest absolute Gasteiger partial charge is 0.0597 e. The molecule has 0 spiro atoms. The van der Waals surface area contributed by atoms with Gasteiger partial charge in [0.2, 0.25) is 0 Å². The van der Waals surface area contributed by atoms with Gasteiger partial charge in [-0.1, -0.05) is 0 Å². The molecule has 0 aliphatic carbocycles. The Labute approximate surface area is 113 Å². The SMILES string of the molecule is CCn1nc(C)cc1C(CCc1ccsc1)NC. The molecule has 1 unspecified atom stereocenters. The molecule has 0 saturated carbocycles. The molecule has 0 saturated heterocycles. The van der Waals surface area contributed by atoms with Crippen molar-refractivity contribution in [3.63, 3.8) is 0 Å². The molecular formula is C14H21N3S. The first-order chi connectivity index (χ1) is 8.74. The summed E-state index contributed by atoms with van der Waals surface area (Å²) in [5, 5.41) is 12.3. The van der Waals surface area contributed by atoms with Crippen molar-refractivity contribution in [3.8, 4) is 0 Å². The first-order valence-corrected chi connectivity index (χ1v) is 7.41. The highest BCUT2D eigenvalue weighted by Crippen LogP contribution is 2.21. The predicted octanol–water partition coefficient (Wildman–Crippen LogP) is 3.17. The summed E-state index contributed by atoms with van der Waals surface area (Å²) < 4.78 is 2.10. The van der Waals surface area contributed by atoms with Crippen molar-refractivity contribution in [1.29, 1.82) is 0 Å². The second-order valence-electron chi connectivity index (χ2n) is 4.54. The van der Waals surface area contributed by atoms with Crippen LogP contribution in [0.1, 0.15) is 36.3 Å². The normalized spacial score (nSPS) is 12.8. The van der Waals surface area contributed by atoms with E-state index in [0.717, 1.165) is 25.1 Å². The van der Waals surface area contributed by atoms with Crippen LogP contribution < -0.4 is 5.32 Å². The zero-order valence-corrected chi connectivity index (χ0v) is 12.1. The Hall–Kier alpha value is -1.13. The molecule has 98 valence electrons. The maximum atomic E-state index is 4.52. The molecule has 2 rings (SSSR count). The van der Waals surface area contributed by atoms with Crippen LogP contribution >= 0.6 is 11.3 Å². The maximum Gasteiger partial charge on any atom is 0.0597 e. The van der Waals surface area contributed by atoms with Crippen LogP contribution in [0.25, 0.3) is 0 Å². The van der Waals surface area contributed by atoms with Gasteiger partial charge in [-0.2, -0.15) is 16.4 Å². The van der Waals surface area contributed by atoms with Crippen molar-refractivity contribution in [2.24, 2.45) is 0 Å². The van der Waals surface area contributed by atoms with E-state index in [2.05, 4.69) is 51.8 Å². The highest BCUT2D eigenvalue weighted by atomic mass is 32.1. The van der Waals surface area contributed by atoms with Gasteiger partial charge in [-0.3, -0.25) is 4.68 Å². The second kappa shape index (κ2) is 6.16. The Bertz CT molecular complexity index is 473. The summed E-state index contributed by atoms with van der Waals surface area (Å²) in [7, 11) is 2.03. The van der Waals surface area contributed by atoms with E-state index in [1.807, 2.05) is 7.05 Å². The monoisotopic (exact) mass is 263 g/mol. The van der Waals surface area contributed by atoms with Gasteiger partial charge >= 0.3 is 0 Å². The summed E-state index contributed by atoms with van der Waals surface area (Å²) in [5.41, 5.74) is 3.83. The van der Waals surface area contributed by atoms with Gasteiger partial charge in [-0.15, -0.1) is 0 Å². The van der Waals surface area contributed by atoms with Gasteiger partial charge in [0.25, 0.3) is 0 Å². The quantitative estimate of drug-likeness (QED) is 0.867. The highest BCUT2D eigenvalue weighted by Gasteiger charge is 2.15. The molecule has 0 aliphatic rings. The van der Waals surface area contributed by atoms with Gasteiger partial charge in [-0.25, -0.2) is 0 Å². The average molecular weight is 263 g/mol. The van der Waals surface area contributed by atoms with Gasteiger partial charge in [-0.05, 0) is 62.2 Å². The Kier molecular flexibility index (Phi) is 4.55. The molecule has 18 heavy (non-hydrogen) atoms. The summed E-state index contributed by atoms with van der Waals surface area (Å²) in [6.45, 7) is 5.13. The van der Waals surface area contributed by atoms with Gasteiger partial charge < -0.3 is 5.32 Å². The van der Waals surface area contributed by atoms with Crippen LogP contribution in [0.2, 0.25) is 0 Å². The topological polar surface area (TPSA) is 29.9 Å². The number of rotatable bonds is 6. The van der Waals surface area contributed by atoms with Crippen LogP contribution in [0.5, 0.6) is 0 Å². The summed E-state index contributed by atoms with van der Waals surface area (Å²) >= 11 is 1.77. The summed E-state index contributed by atoms with van der Waals surface area (Å²) in [6.07, 6.45) is 2.22. The zero-order valence-electron chi connectivity index (χ0n) is 11.3. The van der Waals surface area contributed by atoms with E-state index in [1.165, 1.54) is 11.3 Å². The second-order valence-corrected chi connectivity index (χ2v) is 5.32. The van der Waals surface area contributed by atoms with Crippen molar-refractivity contribution < 1.29 is 0 Å². The van der Waals surface area contributed by atoms with Crippen LogP contribution in [0.3, 0.4) is 0 Å². The minimum Gasteiger partial charge on any atom is -0.312 e. The van der Waals surface area contributed by atoms with E-state index in [-0.39, 0.29) is 0 Å². The number of aromatic nitrogens is 2. The molecule has 3 nitrogen and oxygen atoms in total. The standard InChI is InChI=1S/C14H21N3S/c1-4-17-14(9-11(2)16-17)13(15-3)6-5-12-7-8-18-10-12/h7-10,13,15H,4-6H2,1-3H3. The molecule has 2 aromatic rings. The van der Waals surface area contributed by atoms with Crippen LogP contribution in [0.4, 0.5) is 0 Å². The minimum absolute atomic E-state index is 0.381. The molecule has 0 amide bonds. The zero-order chi connectivity index (χ0) is 13.0. The molecule has 0 fully saturated rings. The molecule has 0 aliphatic heterocycles. The van der Waals surface area contributed by atoms with E-state index in [9.17, 15) is 0 Å². The third-order valence-electron chi connectivity index (χ3n) is 3.24. The first kappa shape index (κ1) is 13.3. The molecule has 2 heterocycles. The molecule has 4 heteroatoms. The predicted molar refractivity (Wildman–Crippen MR) is 77.1 cm³/mol. The van der Waals surface area contributed by atoms with E-state index in [1.54, 1.807) is 11.3 Å². The molecular weight excluding hydrogens is 242 g/mol. The average Bonchev–Trinajstić information content (AvgIpc) is 2.99. The lowest BCUT2D eigenvalue weighted by Gasteiger charge is -2.17. The van der Waals surface area contributed by atoms with E-state index in [0.29, 0.717) is 6.04 Å². The Morgan fingerprint density at radius 3 is 2.94 bits per heavy atom. The Morgan fingerprint density at radius 1 is 1.50 bits per heavy atom. The molecule has 1 atom stereocenters. The largest absolute Gasteiger partial charge is 0.312 e. The number of thiophene rings is 1. The van der Waals surface area contributed by atoms with Crippen molar-refractivity contribution in [1.82, 2.24) is 15.1 Å². The van der Waals surface area contributed by atoms with Gasteiger partial charge in [0.1, 0.15) is 0 Å². The minimum atomic E-state index is 0.381. The summed E-state index contributed by atoms with van der Waals surface area (Å²) in [4.78, 5) is 0. The molecule has 1 N–H and O–H groups in total. The van der Waals surface area contributed by atoms with Gasteiger partial charge in [0.15, 0.2) is 0 Å². The Morgan fingerprint density at radius 2 is 2.33 bits per heavy atom. The molecule has 0 bridgehead atoms. The fraction of sp³-hybridized carbons (Fsp3) is 0.500. The van der Waals surface area contributed by atoms with Crippen molar-refractivity contribution in [3.05, 3.63) is 39.8 Å². The lowest BCUT2D eigenvalue weighted by molar-refractivity contribution is 0.488. The van der Waals surface area contributed by atoms with Gasteiger partial charge in [0.05, 0.1) is 11.4 Å². The fourth-order valence-electron chi connectivity index (χ4n) is 2.29. The number of nitrogens with one attached hydrogen (secondary N) is 1. The lowest BCUT2D eigenvalue weighted by atomic mass is 10.0. The van der Waals surface area contributed by atoms with Crippen molar-refractivity contribution >= 4 is 11.3 Å². The van der Waals surface area contributed by atoms with Crippen LogP contribution in [0, 0.1) is 6.92 Å². The van der Waals surface area contributed by atoms with E-state index < -0.39 is 0 Å². The first-order valence-electron chi connectivity index (χ1n) is 6.47. The maximum absolute atomic E-state index is 4.52. The number of aryl methyl sites for hydroxylation is 3. The number of nitrogens with zero attached hydrogens (tertiary/aromatic N) is 2. The van der Waals surface area contributed by atoms with Crippen molar-refractivity contribution in [2.75, 3.05) is 7.05 Å². The van der Waals surface area contributed by atoms with Crippen molar-refractivity contribution in [2.45, 2.75) is 39.3 Å². The third kappa shape index (κ3) is 3.00. The van der Waals surface area contributed by atoms with E-state index >= 15 is 0 Å². The lowest BCUT2D eigenvalue weighted by Crippen LogP contribution is -2.20. The summed E-state index contributed by atoms with van der Waals surface area (Å²) in [6, 6.07) is 4.78. The third-order valence-corrected chi connectivity index (χ3v) is 3.97. The summed E-state index contributed by atoms with van der Waals surface area (Å²) in [5.74, 6) is 0. The van der Waals surface area contributed by atoms with Crippen LogP contribution in [-0.4, -0.2) is 16.8 Å². The van der Waals surface area contributed by atoms with Crippen LogP contribution in [-0.2, 0) is 13.0 Å². The number of hydrogen-bond donors (Lipinski definition) is 1. The number of hydrogen-bond acceptors (Lipinski definition) is 3. The highest BCUT2D eigenvalue weighted by molar-refractivity contribution is 7.07. The van der Waals surface area contributed by atoms with E-state index in [4.69, 9.17) is 0 Å². The molecule has 0 aromatic carbocycles. The molecule has 2 aromatic heterocycles. The Balaban J connectivity index is 2.07. The van der Waals surface area contributed by atoms with Crippen LogP contribution in [0.15, 0.2) is 22.9 Å². The fourth-order valence-corrected chi connectivity index (χ4v) is 2.99.